The molecule has 126 valence electrons. The van der Waals surface area contributed by atoms with Gasteiger partial charge < -0.3 is 15.0 Å². The molecular formula is C19H22N2O3. The smallest absolute Gasteiger partial charge is 0.268 e. The molecule has 0 aliphatic heterocycles. The maximum absolute atomic E-state index is 12.2. The van der Waals surface area contributed by atoms with Crippen LogP contribution in [-0.4, -0.2) is 16.9 Å². The summed E-state index contributed by atoms with van der Waals surface area (Å²) < 4.78 is 5.53. The Kier molecular flexibility index (Phi) is 5.31. The summed E-state index contributed by atoms with van der Waals surface area (Å²) >= 11 is 0. The number of nitrogens with one attached hydrogen (secondary N) is 2. The molecule has 1 aliphatic carbocycles. The van der Waals surface area contributed by atoms with Crippen molar-refractivity contribution in [1.82, 2.24) is 10.3 Å². The molecule has 1 heterocycles. The summed E-state index contributed by atoms with van der Waals surface area (Å²) in [6.45, 7) is 0.317. The highest BCUT2D eigenvalue weighted by Gasteiger charge is 2.17. The van der Waals surface area contributed by atoms with E-state index in [0.29, 0.717) is 6.61 Å². The lowest BCUT2D eigenvalue weighted by atomic mass is 9.95. The summed E-state index contributed by atoms with van der Waals surface area (Å²) in [5.41, 5.74) is 0.965. The average molecular weight is 326 g/mol. The molecular weight excluding hydrogens is 304 g/mol. The van der Waals surface area contributed by atoms with Gasteiger partial charge in [-0.2, -0.15) is 0 Å². The molecule has 1 amide bonds. The molecule has 2 N–H and O–H groups in total. The molecule has 1 fully saturated rings. The first-order valence-corrected chi connectivity index (χ1v) is 8.43. The van der Waals surface area contributed by atoms with Crippen LogP contribution in [0.5, 0.6) is 5.75 Å². The molecule has 3 rings (SSSR count). The van der Waals surface area contributed by atoms with Gasteiger partial charge in [-0.1, -0.05) is 49.6 Å². The normalized spacial score (nSPS) is 15.0. The molecule has 1 aromatic heterocycles. The van der Waals surface area contributed by atoms with Crippen molar-refractivity contribution in [3.05, 3.63) is 64.1 Å². The van der Waals surface area contributed by atoms with Crippen molar-refractivity contribution in [1.29, 1.82) is 0 Å². The van der Waals surface area contributed by atoms with Crippen molar-refractivity contribution >= 4 is 5.91 Å². The summed E-state index contributed by atoms with van der Waals surface area (Å²) in [5, 5.41) is 2.99. The number of carbonyl (C=O) groups excluding carboxylic acids is 1. The number of amides is 1. The molecule has 0 unspecified atom stereocenters. The monoisotopic (exact) mass is 326 g/mol. The first-order valence-electron chi connectivity index (χ1n) is 8.43. The molecule has 0 spiro atoms. The summed E-state index contributed by atoms with van der Waals surface area (Å²) in [6, 6.07) is 11.1. The van der Waals surface area contributed by atoms with E-state index in [1.54, 1.807) is 0 Å². The van der Waals surface area contributed by atoms with E-state index in [1.807, 2.05) is 30.3 Å². The van der Waals surface area contributed by atoms with Crippen LogP contribution in [0.15, 0.2) is 47.4 Å². The van der Waals surface area contributed by atoms with Crippen molar-refractivity contribution < 1.29 is 9.53 Å². The van der Waals surface area contributed by atoms with Crippen molar-refractivity contribution in [3.63, 3.8) is 0 Å². The Morgan fingerprint density at radius 1 is 1.17 bits per heavy atom. The summed E-state index contributed by atoms with van der Waals surface area (Å²) in [6.07, 6.45) is 7.00. The summed E-state index contributed by atoms with van der Waals surface area (Å²) in [7, 11) is 0. The van der Waals surface area contributed by atoms with Crippen LogP contribution in [0.4, 0.5) is 0 Å². The first-order chi connectivity index (χ1) is 11.7. The molecule has 0 atom stereocenters. The van der Waals surface area contributed by atoms with Crippen LogP contribution in [0.3, 0.4) is 0 Å². The number of carbonyl (C=O) groups is 1. The second-order valence-corrected chi connectivity index (χ2v) is 6.16. The predicted molar refractivity (Wildman–Crippen MR) is 92.2 cm³/mol. The first kappa shape index (κ1) is 16.3. The quantitative estimate of drug-likeness (QED) is 0.887. The van der Waals surface area contributed by atoms with Crippen LogP contribution in [0.1, 0.15) is 48.2 Å². The second-order valence-electron chi connectivity index (χ2n) is 6.16. The molecule has 1 aliphatic rings. The Labute approximate surface area is 141 Å². The fourth-order valence-corrected chi connectivity index (χ4v) is 2.95. The molecule has 0 saturated heterocycles. The number of hydrogen-bond donors (Lipinski definition) is 2. The van der Waals surface area contributed by atoms with E-state index in [2.05, 4.69) is 10.3 Å². The fourth-order valence-electron chi connectivity index (χ4n) is 2.95. The number of pyridine rings is 1. The van der Waals surface area contributed by atoms with Gasteiger partial charge in [0.1, 0.15) is 12.3 Å². The molecule has 0 radical (unpaired) electrons. The lowest BCUT2D eigenvalue weighted by Gasteiger charge is -2.22. The number of aromatic nitrogens is 1. The van der Waals surface area contributed by atoms with Crippen LogP contribution in [0.2, 0.25) is 0 Å². The number of ether oxygens (including phenoxy) is 1. The van der Waals surface area contributed by atoms with Gasteiger partial charge in [0.25, 0.3) is 5.91 Å². The maximum atomic E-state index is 12.2. The zero-order valence-corrected chi connectivity index (χ0v) is 13.6. The standard InChI is InChI=1S/C19H22N2O3/c22-17-11-16(19(23)21-15-9-5-2-6-10-15)20-12-18(17)24-13-14-7-3-1-4-8-14/h1,3-4,7-8,11-12,15H,2,5-6,9-10,13H2,(H,20,22)(H,21,23). The molecule has 24 heavy (non-hydrogen) atoms. The van der Waals surface area contributed by atoms with E-state index < -0.39 is 0 Å². The van der Waals surface area contributed by atoms with Gasteiger partial charge >= 0.3 is 0 Å². The van der Waals surface area contributed by atoms with Gasteiger partial charge in [0.05, 0.1) is 0 Å². The van der Waals surface area contributed by atoms with Gasteiger partial charge in [-0.3, -0.25) is 9.59 Å². The van der Waals surface area contributed by atoms with Gasteiger partial charge in [-0.05, 0) is 18.4 Å². The van der Waals surface area contributed by atoms with Crippen molar-refractivity contribution in [2.75, 3.05) is 0 Å². The molecule has 1 saturated carbocycles. The Hall–Kier alpha value is -2.56. The van der Waals surface area contributed by atoms with E-state index in [1.165, 1.54) is 18.7 Å². The van der Waals surface area contributed by atoms with E-state index in [9.17, 15) is 9.59 Å². The van der Waals surface area contributed by atoms with Crippen molar-refractivity contribution in [2.24, 2.45) is 0 Å². The Balaban J connectivity index is 1.61. The number of benzene rings is 1. The van der Waals surface area contributed by atoms with E-state index in [0.717, 1.165) is 31.2 Å². The van der Waals surface area contributed by atoms with Gasteiger partial charge in [-0.15, -0.1) is 0 Å². The highest BCUT2D eigenvalue weighted by atomic mass is 16.5. The van der Waals surface area contributed by atoms with Crippen LogP contribution in [0.25, 0.3) is 0 Å². The third kappa shape index (κ3) is 4.25. The van der Waals surface area contributed by atoms with Gasteiger partial charge in [0.15, 0.2) is 5.75 Å². The van der Waals surface area contributed by atoms with Crippen molar-refractivity contribution in [3.8, 4) is 5.75 Å². The number of hydrogen-bond acceptors (Lipinski definition) is 3. The average Bonchev–Trinajstić information content (AvgIpc) is 2.62. The van der Waals surface area contributed by atoms with Crippen LogP contribution < -0.4 is 15.5 Å². The summed E-state index contributed by atoms with van der Waals surface area (Å²) in [4.78, 5) is 27.2. The minimum Gasteiger partial charge on any atom is -0.483 e. The summed E-state index contributed by atoms with van der Waals surface area (Å²) in [5.74, 6) is -0.0123. The molecule has 5 nitrogen and oxygen atoms in total. The zero-order chi connectivity index (χ0) is 16.8. The molecule has 2 aromatic rings. The van der Waals surface area contributed by atoms with E-state index in [4.69, 9.17) is 4.74 Å². The third-order valence-electron chi connectivity index (χ3n) is 4.30. The van der Waals surface area contributed by atoms with Gasteiger partial charge in [-0.25, -0.2) is 0 Å². The second kappa shape index (κ2) is 7.81. The zero-order valence-electron chi connectivity index (χ0n) is 13.6. The SMILES string of the molecule is O=C(NC1CCCCC1)c1cc(=O)c(OCc2ccccc2)c[nH]1. The highest BCUT2D eigenvalue weighted by Crippen LogP contribution is 2.17. The predicted octanol–water partition coefficient (Wildman–Crippen LogP) is 3.02. The Bertz CT molecular complexity index is 734. The van der Waals surface area contributed by atoms with Crippen LogP contribution >= 0.6 is 0 Å². The number of aromatic amines is 1. The molecule has 5 heteroatoms. The topological polar surface area (TPSA) is 71.2 Å². The molecule has 1 aromatic carbocycles. The number of rotatable bonds is 5. The fraction of sp³-hybridized carbons (Fsp3) is 0.368. The third-order valence-corrected chi connectivity index (χ3v) is 4.30. The van der Waals surface area contributed by atoms with Gasteiger partial charge in [0, 0.05) is 18.3 Å². The largest absolute Gasteiger partial charge is 0.483 e. The maximum Gasteiger partial charge on any atom is 0.268 e. The van der Waals surface area contributed by atoms with E-state index >= 15 is 0 Å². The van der Waals surface area contributed by atoms with Crippen molar-refractivity contribution in [2.45, 2.75) is 44.8 Å². The molecule has 0 bridgehead atoms. The van der Waals surface area contributed by atoms with Crippen LogP contribution in [-0.2, 0) is 6.61 Å². The minimum atomic E-state index is -0.293. The lowest BCUT2D eigenvalue weighted by Crippen LogP contribution is -2.37. The lowest BCUT2D eigenvalue weighted by molar-refractivity contribution is 0.0922. The van der Waals surface area contributed by atoms with E-state index in [-0.39, 0.29) is 28.8 Å². The number of H-pyrrole nitrogens is 1. The Morgan fingerprint density at radius 3 is 2.62 bits per heavy atom. The van der Waals surface area contributed by atoms with Gasteiger partial charge in [0.2, 0.25) is 5.43 Å². The highest BCUT2D eigenvalue weighted by molar-refractivity contribution is 5.92. The van der Waals surface area contributed by atoms with Crippen LogP contribution in [0, 0.1) is 0 Å². The minimum absolute atomic E-state index is 0.212. The Morgan fingerprint density at radius 2 is 1.92 bits per heavy atom.